The number of benzene rings is 2. The molecule has 1 saturated carbocycles. The predicted octanol–water partition coefficient (Wildman–Crippen LogP) is 6.13. The van der Waals surface area contributed by atoms with Crippen molar-refractivity contribution in [3.63, 3.8) is 0 Å². The molecule has 2 fully saturated rings. The maximum atomic E-state index is 13.4. The summed E-state index contributed by atoms with van der Waals surface area (Å²) in [6, 6.07) is 15.9. The van der Waals surface area contributed by atoms with E-state index in [0.717, 1.165) is 56.9 Å². The minimum Gasteiger partial charge on any atom is -0.451 e. The summed E-state index contributed by atoms with van der Waals surface area (Å²) in [4.78, 5) is 32.8. The van der Waals surface area contributed by atoms with Gasteiger partial charge in [-0.25, -0.2) is 4.98 Å². The number of rotatable bonds is 10. The van der Waals surface area contributed by atoms with Gasteiger partial charge in [0, 0.05) is 30.2 Å². The van der Waals surface area contributed by atoms with Crippen molar-refractivity contribution in [2.45, 2.75) is 70.4 Å². The molecule has 1 aliphatic heterocycles. The van der Waals surface area contributed by atoms with Crippen molar-refractivity contribution in [2.75, 3.05) is 19.6 Å². The number of halogens is 1. The van der Waals surface area contributed by atoms with Crippen LogP contribution in [0.2, 0.25) is 5.02 Å². The van der Waals surface area contributed by atoms with Crippen LogP contribution in [0, 0.1) is 11.3 Å². The van der Waals surface area contributed by atoms with E-state index in [0.29, 0.717) is 22.4 Å². The second kappa shape index (κ2) is 13.4. The summed E-state index contributed by atoms with van der Waals surface area (Å²) in [5.41, 5.74) is 1.55. The molecule has 9 heteroatoms. The number of nitrogens with zero attached hydrogens (tertiary/aromatic N) is 4. The molecule has 3 heterocycles. The van der Waals surface area contributed by atoms with Crippen molar-refractivity contribution in [1.29, 1.82) is 0 Å². The number of amides is 1. The summed E-state index contributed by atoms with van der Waals surface area (Å²) in [7, 11) is 0. The number of nitrogens with one attached hydrogen (secondary N) is 1. The monoisotopic (exact) mass is 601 g/mol. The summed E-state index contributed by atoms with van der Waals surface area (Å²) in [5.74, 6) is 0.402. The Bertz CT molecular complexity index is 1560. The van der Waals surface area contributed by atoms with Gasteiger partial charge in [0.2, 0.25) is 0 Å². The number of carbonyl (C=O) groups excluding carboxylic acids is 1. The van der Waals surface area contributed by atoms with Crippen LogP contribution in [-0.2, 0) is 13.0 Å². The van der Waals surface area contributed by atoms with Gasteiger partial charge in [0.15, 0.2) is 11.2 Å². The predicted molar refractivity (Wildman–Crippen MR) is 168 cm³/mol. The highest BCUT2D eigenvalue weighted by Crippen LogP contribution is 2.47. The number of likely N-dealkylation sites (tertiary alicyclic amines) is 1. The molecule has 1 amide bonds. The summed E-state index contributed by atoms with van der Waals surface area (Å²) in [6.45, 7) is 3.89. The van der Waals surface area contributed by atoms with E-state index in [2.05, 4.69) is 20.3 Å². The zero-order valence-corrected chi connectivity index (χ0v) is 25.3. The van der Waals surface area contributed by atoms with Crippen LogP contribution in [0.15, 0.2) is 76.5 Å². The van der Waals surface area contributed by atoms with Gasteiger partial charge < -0.3 is 14.6 Å². The molecule has 1 atom stereocenters. The van der Waals surface area contributed by atoms with Gasteiger partial charge in [0.05, 0.1) is 5.39 Å². The second-order valence-corrected chi connectivity index (χ2v) is 12.8. The normalized spacial score (nSPS) is 18.4. The lowest BCUT2D eigenvalue weighted by molar-refractivity contribution is 0.0104. The topological polar surface area (TPSA) is 93.3 Å². The fourth-order valence-electron chi connectivity index (χ4n) is 7.21. The average Bonchev–Trinajstić information content (AvgIpc) is 3.55. The molecule has 0 bridgehead atoms. The Balaban J connectivity index is 1.13. The van der Waals surface area contributed by atoms with E-state index < -0.39 is 0 Å². The average molecular weight is 602 g/mol. The molecule has 0 spiro atoms. The second-order valence-electron chi connectivity index (χ2n) is 12.4. The highest BCUT2D eigenvalue weighted by molar-refractivity contribution is 6.30. The molecule has 2 aliphatic rings. The number of para-hydroxylation sites is 1. The van der Waals surface area contributed by atoms with Gasteiger partial charge in [-0.1, -0.05) is 55.1 Å². The van der Waals surface area contributed by atoms with Crippen LogP contribution in [0.1, 0.15) is 67.5 Å². The van der Waals surface area contributed by atoms with Gasteiger partial charge in [0.1, 0.15) is 18.2 Å². The molecule has 2 aromatic heterocycles. The minimum absolute atomic E-state index is 0.0353. The number of carbonyl (C=O) groups is 1. The van der Waals surface area contributed by atoms with Gasteiger partial charge in [-0.2, -0.15) is 5.10 Å². The first-order chi connectivity index (χ1) is 21.0. The molecule has 1 unspecified atom stereocenters. The van der Waals surface area contributed by atoms with Gasteiger partial charge in [-0.3, -0.25) is 14.3 Å². The quantitative estimate of drug-likeness (QED) is 0.235. The molecular formula is C34H40ClN5O3. The van der Waals surface area contributed by atoms with E-state index in [1.807, 2.05) is 35.3 Å². The van der Waals surface area contributed by atoms with Gasteiger partial charge in [0.25, 0.3) is 5.91 Å². The summed E-state index contributed by atoms with van der Waals surface area (Å²) < 4.78 is 7.87. The van der Waals surface area contributed by atoms with E-state index >= 15 is 0 Å². The van der Waals surface area contributed by atoms with Crippen molar-refractivity contribution in [2.24, 2.45) is 11.3 Å². The number of piperidine rings is 1. The van der Waals surface area contributed by atoms with Crippen molar-refractivity contribution >= 4 is 28.5 Å². The number of aromatic nitrogens is 3. The van der Waals surface area contributed by atoms with Gasteiger partial charge in [-0.15, -0.1) is 0 Å². The summed E-state index contributed by atoms with van der Waals surface area (Å²) in [5, 5.41) is 8.79. The largest absolute Gasteiger partial charge is 0.451 e. The van der Waals surface area contributed by atoms with Crippen LogP contribution in [0.5, 0.6) is 0 Å². The summed E-state index contributed by atoms with van der Waals surface area (Å²) >= 11 is 6.13. The lowest BCUT2D eigenvalue weighted by Gasteiger charge is -2.48. The van der Waals surface area contributed by atoms with E-state index in [9.17, 15) is 9.59 Å². The Hall–Kier alpha value is -3.49. The maximum absolute atomic E-state index is 13.4. The van der Waals surface area contributed by atoms with E-state index in [4.69, 9.17) is 16.0 Å². The minimum atomic E-state index is -0.371. The first-order valence-corrected chi connectivity index (χ1v) is 16.0. The third-order valence-corrected chi connectivity index (χ3v) is 9.90. The lowest BCUT2D eigenvalue weighted by Crippen LogP contribution is -2.48. The summed E-state index contributed by atoms with van der Waals surface area (Å²) in [6.07, 6.45) is 13.9. The molecule has 8 nitrogen and oxygen atoms in total. The van der Waals surface area contributed by atoms with Crippen molar-refractivity contribution in [1.82, 2.24) is 25.0 Å². The molecule has 1 aliphatic carbocycles. The third kappa shape index (κ3) is 7.19. The fraction of sp³-hybridized carbons (Fsp3) is 0.471. The number of fused-ring (bicyclic) bond motifs is 1. The van der Waals surface area contributed by atoms with Crippen molar-refractivity contribution in [3.8, 4) is 0 Å². The molecule has 1 saturated heterocycles. The Morgan fingerprint density at radius 3 is 2.58 bits per heavy atom. The lowest BCUT2D eigenvalue weighted by atomic mass is 9.63. The van der Waals surface area contributed by atoms with Crippen molar-refractivity contribution < 1.29 is 9.21 Å². The van der Waals surface area contributed by atoms with Crippen LogP contribution < -0.4 is 10.7 Å². The molecule has 226 valence electrons. The Morgan fingerprint density at radius 2 is 1.84 bits per heavy atom. The molecule has 2 aromatic carbocycles. The molecule has 0 radical (unpaired) electrons. The van der Waals surface area contributed by atoms with E-state index in [1.165, 1.54) is 38.2 Å². The number of hydrogen-bond acceptors (Lipinski definition) is 6. The molecule has 43 heavy (non-hydrogen) atoms. The Labute approximate surface area is 257 Å². The van der Waals surface area contributed by atoms with Crippen LogP contribution >= 0.6 is 11.6 Å². The Kier molecular flexibility index (Phi) is 9.24. The van der Waals surface area contributed by atoms with Crippen LogP contribution in [0.4, 0.5) is 0 Å². The van der Waals surface area contributed by atoms with Crippen LogP contribution in [-0.4, -0.2) is 51.2 Å². The standard InChI is InChI=1S/C34H40ClN5O3/c35-27-12-10-25(11-13-27)20-28(38-33(42)32-21-30(41)29-8-4-5-9-31(29)43-32)14-17-39-18-15-34(16-19-39,22-40-24-36-23-37-40)26-6-2-1-3-7-26/h4-5,8-13,21,23-24,26,28H,1-3,6-7,14-20,22H2,(H,38,42). The van der Waals surface area contributed by atoms with Crippen LogP contribution in [0.25, 0.3) is 11.0 Å². The maximum Gasteiger partial charge on any atom is 0.287 e. The zero-order valence-electron chi connectivity index (χ0n) is 24.6. The van der Waals surface area contributed by atoms with E-state index in [-0.39, 0.29) is 28.6 Å². The highest BCUT2D eigenvalue weighted by atomic mass is 35.5. The number of hydrogen-bond donors (Lipinski definition) is 1. The first-order valence-electron chi connectivity index (χ1n) is 15.6. The molecule has 6 rings (SSSR count). The van der Waals surface area contributed by atoms with E-state index in [1.54, 1.807) is 30.6 Å². The highest BCUT2D eigenvalue weighted by Gasteiger charge is 2.42. The fourth-order valence-corrected chi connectivity index (χ4v) is 7.34. The zero-order chi connectivity index (χ0) is 29.6. The Morgan fingerprint density at radius 1 is 1.07 bits per heavy atom. The smallest absolute Gasteiger partial charge is 0.287 e. The third-order valence-electron chi connectivity index (χ3n) is 9.65. The molecule has 4 aromatic rings. The SMILES string of the molecule is O=C(NC(CCN1CCC(Cn2cncn2)(C2CCCCC2)CC1)Cc1ccc(Cl)cc1)c1cc(=O)c2ccccc2o1. The van der Waals surface area contributed by atoms with Crippen molar-refractivity contribution in [3.05, 3.63) is 93.8 Å². The molecule has 1 N–H and O–H groups in total. The van der Waals surface area contributed by atoms with Gasteiger partial charge in [-0.05, 0) is 92.8 Å². The van der Waals surface area contributed by atoms with Gasteiger partial charge >= 0.3 is 0 Å². The molecular weight excluding hydrogens is 562 g/mol. The first kappa shape index (κ1) is 29.6. The van der Waals surface area contributed by atoms with Crippen LogP contribution in [0.3, 0.4) is 0 Å².